The van der Waals surface area contributed by atoms with Gasteiger partial charge in [-0.15, -0.1) is 11.3 Å². The number of nitrogens with zero attached hydrogens (tertiary/aromatic N) is 1. The van der Waals surface area contributed by atoms with E-state index < -0.39 is 0 Å². The van der Waals surface area contributed by atoms with E-state index in [4.69, 9.17) is 11.6 Å². The van der Waals surface area contributed by atoms with Crippen molar-refractivity contribution in [3.8, 4) is 10.7 Å². The number of nitrogens with one attached hydrogen (secondary N) is 1. The summed E-state index contributed by atoms with van der Waals surface area (Å²) in [6, 6.07) is 1.79. The van der Waals surface area contributed by atoms with Gasteiger partial charge in [0.15, 0.2) is 5.82 Å². The Balaban J connectivity index is 2.60. The van der Waals surface area contributed by atoms with Crippen molar-refractivity contribution in [1.82, 2.24) is 9.97 Å². The minimum absolute atomic E-state index is 0.0953. The molecule has 2 rings (SSSR count). The Labute approximate surface area is 95.8 Å². The van der Waals surface area contributed by atoms with Crippen molar-refractivity contribution < 1.29 is 0 Å². The van der Waals surface area contributed by atoms with Gasteiger partial charge in [-0.25, -0.2) is 4.98 Å². The molecule has 2 aromatic rings. The average Bonchev–Trinajstić information content (AvgIpc) is 2.60. The van der Waals surface area contributed by atoms with E-state index in [2.05, 4.69) is 9.97 Å². The zero-order valence-electron chi connectivity index (χ0n) is 8.30. The molecule has 3 nitrogen and oxygen atoms in total. The van der Waals surface area contributed by atoms with Crippen LogP contribution in [0.15, 0.2) is 16.2 Å². The van der Waals surface area contributed by atoms with Crippen LogP contribution in [-0.4, -0.2) is 9.97 Å². The lowest BCUT2D eigenvalue weighted by Crippen LogP contribution is -2.13. The smallest absolute Gasteiger partial charge is 0.254 e. The monoisotopic (exact) mass is 240 g/mol. The molecule has 0 aliphatic heterocycles. The highest BCUT2D eigenvalue weighted by molar-refractivity contribution is 7.14. The Morgan fingerprint density at radius 1 is 1.47 bits per heavy atom. The van der Waals surface area contributed by atoms with E-state index in [1.807, 2.05) is 12.3 Å². The normalized spacial score (nSPS) is 10.6. The lowest BCUT2D eigenvalue weighted by molar-refractivity contribution is 1.04. The fraction of sp³-hybridized carbons (Fsp3) is 0.200. The molecule has 0 amide bonds. The van der Waals surface area contributed by atoms with Crippen molar-refractivity contribution in [1.29, 1.82) is 0 Å². The first-order chi connectivity index (χ1) is 7.08. The van der Waals surface area contributed by atoms with Gasteiger partial charge in [0.05, 0.1) is 9.90 Å². The van der Waals surface area contributed by atoms with Gasteiger partial charge in [0, 0.05) is 16.6 Å². The van der Waals surface area contributed by atoms with Gasteiger partial charge in [-0.05, 0) is 19.9 Å². The zero-order valence-corrected chi connectivity index (χ0v) is 9.87. The van der Waals surface area contributed by atoms with Crippen LogP contribution in [-0.2, 0) is 0 Å². The summed E-state index contributed by atoms with van der Waals surface area (Å²) in [5, 5.41) is 2.47. The highest BCUT2D eigenvalue weighted by atomic mass is 35.5. The minimum Gasteiger partial charge on any atom is -0.306 e. The van der Waals surface area contributed by atoms with Crippen LogP contribution in [0, 0.1) is 13.8 Å². The number of thiophene rings is 1. The molecule has 0 aliphatic carbocycles. The van der Waals surface area contributed by atoms with Gasteiger partial charge in [-0.3, -0.25) is 4.79 Å². The second-order valence-corrected chi connectivity index (χ2v) is 4.60. The molecule has 0 aromatic carbocycles. The fourth-order valence-corrected chi connectivity index (χ4v) is 2.22. The quantitative estimate of drug-likeness (QED) is 0.833. The van der Waals surface area contributed by atoms with Crippen molar-refractivity contribution in [3.63, 3.8) is 0 Å². The van der Waals surface area contributed by atoms with E-state index in [1.165, 1.54) is 11.3 Å². The summed E-state index contributed by atoms with van der Waals surface area (Å²) >= 11 is 7.27. The summed E-state index contributed by atoms with van der Waals surface area (Å²) < 4.78 is 0. The molecule has 0 aliphatic rings. The molecular formula is C10H9ClN2OS. The Hall–Kier alpha value is -1.13. The van der Waals surface area contributed by atoms with Crippen LogP contribution in [0.1, 0.15) is 11.3 Å². The van der Waals surface area contributed by atoms with Crippen molar-refractivity contribution >= 4 is 22.9 Å². The summed E-state index contributed by atoms with van der Waals surface area (Å²) in [4.78, 5) is 19.4. The van der Waals surface area contributed by atoms with E-state index >= 15 is 0 Å². The Kier molecular flexibility index (Phi) is 2.63. The molecule has 0 atom stereocenters. The standard InChI is InChI=1S/C10H9ClN2OS/c1-5-6(2)12-9(13-10(5)14)8-3-7(11)4-15-8/h3-4H,1-2H3,(H,12,13,14). The zero-order chi connectivity index (χ0) is 11.0. The maximum Gasteiger partial charge on any atom is 0.254 e. The molecule has 5 heteroatoms. The van der Waals surface area contributed by atoms with E-state index in [0.717, 1.165) is 10.6 Å². The van der Waals surface area contributed by atoms with E-state index in [0.29, 0.717) is 16.4 Å². The molecule has 0 radical (unpaired) electrons. The van der Waals surface area contributed by atoms with Gasteiger partial charge in [0.25, 0.3) is 5.56 Å². The highest BCUT2D eigenvalue weighted by Crippen LogP contribution is 2.26. The number of aromatic nitrogens is 2. The highest BCUT2D eigenvalue weighted by Gasteiger charge is 2.07. The largest absolute Gasteiger partial charge is 0.306 e. The minimum atomic E-state index is -0.0953. The van der Waals surface area contributed by atoms with Crippen LogP contribution >= 0.6 is 22.9 Å². The molecule has 0 unspecified atom stereocenters. The van der Waals surface area contributed by atoms with E-state index in [-0.39, 0.29) is 5.56 Å². The van der Waals surface area contributed by atoms with E-state index in [1.54, 1.807) is 13.0 Å². The first kappa shape index (κ1) is 10.4. The first-order valence-electron chi connectivity index (χ1n) is 4.40. The number of rotatable bonds is 1. The van der Waals surface area contributed by atoms with E-state index in [9.17, 15) is 4.79 Å². The number of aromatic amines is 1. The Morgan fingerprint density at radius 3 is 2.73 bits per heavy atom. The third-order valence-electron chi connectivity index (χ3n) is 2.20. The Bertz CT molecular complexity index is 559. The molecule has 2 aromatic heterocycles. The summed E-state index contributed by atoms with van der Waals surface area (Å²) in [5.74, 6) is 0.583. The molecule has 78 valence electrons. The van der Waals surface area contributed by atoms with Gasteiger partial charge >= 0.3 is 0 Å². The molecule has 2 heterocycles. The molecule has 15 heavy (non-hydrogen) atoms. The third-order valence-corrected chi connectivity index (χ3v) is 3.48. The second kappa shape index (κ2) is 3.79. The van der Waals surface area contributed by atoms with Crippen molar-refractivity contribution in [2.75, 3.05) is 0 Å². The van der Waals surface area contributed by atoms with Crippen molar-refractivity contribution in [2.45, 2.75) is 13.8 Å². The van der Waals surface area contributed by atoms with Gasteiger partial charge < -0.3 is 4.98 Å². The van der Waals surface area contributed by atoms with Crippen LogP contribution in [0.5, 0.6) is 0 Å². The molecule has 0 spiro atoms. The third kappa shape index (κ3) is 1.96. The predicted molar refractivity (Wildman–Crippen MR) is 62.7 cm³/mol. The lowest BCUT2D eigenvalue weighted by atomic mass is 10.2. The number of halogens is 1. The first-order valence-corrected chi connectivity index (χ1v) is 5.65. The van der Waals surface area contributed by atoms with Crippen LogP contribution in [0.25, 0.3) is 10.7 Å². The van der Waals surface area contributed by atoms with Crippen molar-refractivity contribution in [2.24, 2.45) is 0 Å². The van der Waals surface area contributed by atoms with Crippen LogP contribution in [0.3, 0.4) is 0 Å². The molecule has 0 saturated carbocycles. The van der Waals surface area contributed by atoms with Crippen molar-refractivity contribution in [3.05, 3.63) is 38.1 Å². The van der Waals surface area contributed by atoms with Crippen LogP contribution in [0.2, 0.25) is 5.02 Å². The topological polar surface area (TPSA) is 45.8 Å². The number of aryl methyl sites for hydroxylation is 1. The average molecular weight is 241 g/mol. The van der Waals surface area contributed by atoms with Gasteiger partial charge in [0.2, 0.25) is 0 Å². The van der Waals surface area contributed by atoms with Crippen LogP contribution in [0.4, 0.5) is 0 Å². The maximum atomic E-state index is 11.5. The SMILES string of the molecule is Cc1nc(-c2cc(Cl)cs2)[nH]c(=O)c1C. The summed E-state index contributed by atoms with van der Waals surface area (Å²) in [6.45, 7) is 3.58. The molecule has 1 N–H and O–H groups in total. The lowest BCUT2D eigenvalue weighted by Gasteiger charge is -2.01. The molecular weight excluding hydrogens is 232 g/mol. The summed E-state index contributed by atoms with van der Waals surface area (Å²) in [5.41, 5.74) is 1.31. The van der Waals surface area contributed by atoms with Gasteiger partial charge in [0.1, 0.15) is 0 Å². The second-order valence-electron chi connectivity index (χ2n) is 3.25. The van der Waals surface area contributed by atoms with Gasteiger partial charge in [-0.2, -0.15) is 0 Å². The number of H-pyrrole nitrogens is 1. The predicted octanol–water partition coefficient (Wildman–Crippen LogP) is 2.77. The maximum absolute atomic E-state index is 11.5. The Morgan fingerprint density at radius 2 is 2.20 bits per heavy atom. The number of hydrogen-bond acceptors (Lipinski definition) is 3. The number of hydrogen-bond donors (Lipinski definition) is 1. The summed E-state index contributed by atoms with van der Waals surface area (Å²) in [6.07, 6.45) is 0. The molecule has 0 fully saturated rings. The molecule has 0 bridgehead atoms. The molecule has 0 saturated heterocycles. The fourth-order valence-electron chi connectivity index (χ4n) is 1.20. The van der Waals surface area contributed by atoms with Gasteiger partial charge in [-0.1, -0.05) is 11.6 Å². The van der Waals surface area contributed by atoms with Crippen LogP contribution < -0.4 is 5.56 Å². The summed E-state index contributed by atoms with van der Waals surface area (Å²) in [7, 11) is 0.